The predicted molar refractivity (Wildman–Crippen MR) is 76.9 cm³/mol. The van der Waals surface area contributed by atoms with Gasteiger partial charge < -0.3 is 4.74 Å². The zero-order valence-corrected chi connectivity index (χ0v) is 12.3. The quantitative estimate of drug-likeness (QED) is 0.611. The Morgan fingerprint density at radius 3 is 2.53 bits per heavy atom. The van der Waals surface area contributed by atoms with Crippen LogP contribution in [0.4, 0.5) is 0 Å². The Morgan fingerprint density at radius 1 is 1.41 bits per heavy atom. The number of nitrogens with zero attached hydrogens (tertiary/aromatic N) is 1. The SMILES string of the molecule is C#CCOc1c(I)cc(C(C)(C)C)cc1C#N. The topological polar surface area (TPSA) is 33.0 Å². The number of rotatable bonds is 2. The minimum Gasteiger partial charge on any atom is -0.478 e. The van der Waals surface area contributed by atoms with Crippen molar-refractivity contribution in [2.45, 2.75) is 26.2 Å². The summed E-state index contributed by atoms with van der Waals surface area (Å²) in [6.07, 6.45) is 5.16. The van der Waals surface area contributed by atoms with E-state index in [0.29, 0.717) is 11.3 Å². The van der Waals surface area contributed by atoms with E-state index in [1.807, 2.05) is 12.1 Å². The van der Waals surface area contributed by atoms with E-state index in [1.165, 1.54) is 0 Å². The van der Waals surface area contributed by atoms with E-state index in [-0.39, 0.29) is 12.0 Å². The van der Waals surface area contributed by atoms with Crippen molar-refractivity contribution in [3.8, 4) is 24.2 Å². The zero-order chi connectivity index (χ0) is 13.1. The summed E-state index contributed by atoms with van der Waals surface area (Å²) in [6.45, 7) is 6.52. The number of benzene rings is 1. The monoisotopic (exact) mass is 339 g/mol. The predicted octanol–water partition coefficient (Wildman–Crippen LogP) is 3.47. The lowest BCUT2D eigenvalue weighted by Gasteiger charge is -2.21. The molecule has 0 saturated heterocycles. The van der Waals surface area contributed by atoms with Gasteiger partial charge >= 0.3 is 0 Å². The van der Waals surface area contributed by atoms with E-state index in [2.05, 4.69) is 55.4 Å². The van der Waals surface area contributed by atoms with E-state index in [1.54, 1.807) is 0 Å². The van der Waals surface area contributed by atoms with Crippen LogP contribution in [0.2, 0.25) is 0 Å². The summed E-state index contributed by atoms with van der Waals surface area (Å²) in [5, 5.41) is 9.15. The summed E-state index contributed by atoms with van der Waals surface area (Å²) < 4.78 is 6.33. The number of halogens is 1. The van der Waals surface area contributed by atoms with Crippen molar-refractivity contribution in [2.24, 2.45) is 0 Å². The van der Waals surface area contributed by atoms with Crippen LogP contribution in [0.15, 0.2) is 12.1 Å². The van der Waals surface area contributed by atoms with Gasteiger partial charge in [-0.15, -0.1) is 6.42 Å². The second kappa shape index (κ2) is 5.42. The van der Waals surface area contributed by atoms with Gasteiger partial charge in [0.15, 0.2) is 5.75 Å². The summed E-state index contributed by atoms with van der Waals surface area (Å²) in [5.74, 6) is 2.99. The van der Waals surface area contributed by atoms with Crippen molar-refractivity contribution in [2.75, 3.05) is 6.61 Å². The molecule has 1 aromatic carbocycles. The van der Waals surface area contributed by atoms with Crippen LogP contribution in [0.5, 0.6) is 5.75 Å². The van der Waals surface area contributed by atoms with Crippen LogP contribution in [0.3, 0.4) is 0 Å². The zero-order valence-electron chi connectivity index (χ0n) is 10.2. The highest BCUT2D eigenvalue weighted by Gasteiger charge is 2.18. The second-order valence-electron chi connectivity index (χ2n) is 4.69. The Balaban J connectivity index is 3.28. The van der Waals surface area contributed by atoms with Crippen molar-refractivity contribution >= 4 is 22.6 Å². The molecule has 1 aromatic rings. The van der Waals surface area contributed by atoms with Gasteiger partial charge in [-0.05, 0) is 45.7 Å². The average Bonchev–Trinajstić information content (AvgIpc) is 2.25. The first-order valence-electron chi connectivity index (χ1n) is 5.20. The fourth-order valence-electron chi connectivity index (χ4n) is 1.37. The molecule has 1 rings (SSSR count). The maximum Gasteiger partial charge on any atom is 0.151 e. The summed E-state index contributed by atoms with van der Waals surface area (Å²) in [7, 11) is 0. The minimum absolute atomic E-state index is 0.0101. The molecule has 0 aliphatic rings. The van der Waals surface area contributed by atoms with Crippen molar-refractivity contribution in [1.82, 2.24) is 0 Å². The second-order valence-corrected chi connectivity index (χ2v) is 5.85. The molecule has 0 N–H and O–H groups in total. The third-order valence-electron chi connectivity index (χ3n) is 2.33. The van der Waals surface area contributed by atoms with Crippen molar-refractivity contribution < 1.29 is 4.74 Å². The van der Waals surface area contributed by atoms with Crippen LogP contribution in [-0.2, 0) is 5.41 Å². The molecule has 88 valence electrons. The number of nitriles is 1. The molecular weight excluding hydrogens is 325 g/mol. The van der Waals surface area contributed by atoms with Crippen LogP contribution >= 0.6 is 22.6 Å². The van der Waals surface area contributed by atoms with E-state index in [4.69, 9.17) is 16.4 Å². The molecule has 0 saturated carbocycles. The Morgan fingerprint density at radius 2 is 2.06 bits per heavy atom. The Bertz CT molecular complexity index is 501. The molecule has 2 nitrogen and oxygen atoms in total. The molecule has 0 spiro atoms. The van der Waals surface area contributed by atoms with Crippen molar-refractivity contribution in [3.05, 3.63) is 26.8 Å². The van der Waals surface area contributed by atoms with Crippen LogP contribution < -0.4 is 4.74 Å². The van der Waals surface area contributed by atoms with E-state index in [0.717, 1.165) is 9.13 Å². The lowest BCUT2D eigenvalue weighted by atomic mass is 9.86. The summed E-state index contributed by atoms with van der Waals surface area (Å²) >= 11 is 2.17. The van der Waals surface area contributed by atoms with Gasteiger partial charge in [0.2, 0.25) is 0 Å². The van der Waals surface area contributed by atoms with E-state index in [9.17, 15) is 0 Å². The van der Waals surface area contributed by atoms with Gasteiger partial charge in [0, 0.05) is 0 Å². The molecule has 17 heavy (non-hydrogen) atoms. The van der Waals surface area contributed by atoms with Crippen LogP contribution in [-0.4, -0.2) is 6.61 Å². The first-order valence-corrected chi connectivity index (χ1v) is 6.28. The molecule has 0 aromatic heterocycles. The number of hydrogen-bond donors (Lipinski definition) is 0. The molecule has 0 fully saturated rings. The molecule has 3 heteroatoms. The van der Waals surface area contributed by atoms with Gasteiger partial charge in [0.25, 0.3) is 0 Å². The Labute approximate surface area is 116 Å². The molecule has 0 bridgehead atoms. The molecule has 0 heterocycles. The minimum atomic E-state index is 0.0101. The normalized spacial score (nSPS) is 10.5. The fraction of sp³-hybridized carbons (Fsp3) is 0.357. The Kier molecular flexibility index (Phi) is 4.42. The van der Waals surface area contributed by atoms with Gasteiger partial charge in [-0.25, -0.2) is 0 Å². The maximum atomic E-state index is 9.15. The number of hydrogen-bond acceptors (Lipinski definition) is 2. The third kappa shape index (κ3) is 3.38. The van der Waals surface area contributed by atoms with Crippen LogP contribution in [0.25, 0.3) is 0 Å². The molecule has 0 aliphatic heterocycles. The van der Waals surface area contributed by atoms with Gasteiger partial charge in [0.1, 0.15) is 12.7 Å². The van der Waals surface area contributed by atoms with E-state index >= 15 is 0 Å². The highest BCUT2D eigenvalue weighted by atomic mass is 127. The van der Waals surface area contributed by atoms with E-state index < -0.39 is 0 Å². The van der Waals surface area contributed by atoms with Gasteiger partial charge in [-0.1, -0.05) is 26.7 Å². The van der Waals surface area contributed by atoms with Crippen molar-refractivity contribution in [3.63, 3.8) is 0 Å². The molecular formula is C14H14INO. The number of terminal acetylenes is 1. The largest absolute Gasteiger partial charge is 0.478 e. The summed E-state index contributed by atoms with van der Waals surface area (Å²) in [6, 6.07) is 6.06. The molecule has 0 amide bonds. The molecule has 0 aliphatic carbocycles. The molecule has 0 radical (unpaired) electrons. The smallest absolute Gasteiger partial charge is 0.151 e. The first kappa shape index (κ1) is 13.9. The van der Waals surface area contributed by atoms with Crippen LogP contribution in [0, 0.1) is 27.2 Å². The molecule has 0 unspecified atom stereocenters. The standard InChI is InChI=1S/C14H14INO/c1-5-6-17-13-10(9-16)7-11(8-12(13)15)14(2,3)4/h1,7-8H,6H2,2-4H3. The highest BCUT2D eigenvalue weighted by molar-refractivity contribution is 14.1. The van der Waals surface area contributed by atoms with Gasteiger partial charge in [0.05, 0.1) is 9.13 Å². The molecule has 0 atom stereocenters. The first-order chi connectivity index (χ1) is 7.90. The fourth-order valence-corrected chi connectivity index (χ4v) is 2.15. The van der Waals surface area contributed by atoms with Gasteiger partial charge in [-0.2, -0.15) is 5.26 Å². The highest BCUT2D eigenvalue weighted by Crippen LogP contribution is 2.32. The van der Waals surface area contributed by atoms with Crippen LogP contribution in [0.1, 0.15) is 31.9 Å². The number of ether oxygens (including phenoxy) is 1. The summed E-state index contributed by atoms with van der Waals surface area (Å²) in [5.41, 5.74) is 1.67. The lowest BCUT2D eigenvalue weighted by Crippen LogP contribution is -2.12. The van der Waals surface area contributed by atoms with Gasteiger partial charge in [-0.3, -0.25) is 0 Å². The maximum absolute atomic E-state index is 9.15. The lowest BCUT2D eigenvalue weighted by molar-refractivity contribution is 0.366. The Hall–Kier alpha value is -1.20. The van der Waals surface area contributed by atoms with Crippen molar-refractivity contribution in [1.29, 1.82) is 5.26 Å². The average molecular weight is 339 g/mol. The summed E-state index contributed by atoms with van der Waals surface area (Å²) in [4.78, 5) is 0. The third-order valence-corrected chi connectivity index (χ3v) is 3.13.